The summed E-state index contributed by atoms with van der Waals surface area (Å²) in [5, 5.41) is 2.80. The van der Waals surface area contributed by atoms with Crippen molar-refractivity contribution < 1.29 is 18.0 Å². The van der Waals surface area contributed by atoms with E-state index in [4.69, 9.17) is 11.6 Å². The first-order valence-corrected chi connectivity index (χ1v) is 10.2. The lowest BCUT2D eigenvalue weighted by molar-refractivity contribution is -0.137. The van der Waals surface area contributed by atoms with Crippen molar-refractivity contribution in [2.45, 2.75) is 31.2 Å². The van der Waals surface area contributed by atoms with Gasteiger partial charge in [0.05, 0.1) is 27.2 Å². The number of amides is 1. The van der Waals surface area contributed by atoms with E-state index in [0.717, 1.165) is 23.9 Å². The van der Waals surface area contributed by atoms with E-state index in [1.807, 2.05) is 13.8 Å². The molecule has 10 heteroatoms. The fourth-order valence-electron chi connectivity index (χ4n) is 2.83. The summed E-state index contributed by atoms with van der Waals surface area (Å²) in [6.45, 7) is 3.66. The van der Waals surface area contributed by atoms with Gasteiger partial charge in [-0.25, -0.2) is 4.98 Å². The quantitative estimate of drug-likeness (QED) is 0.414. The summed E-state index contributed by atoms with van der Waals surface area (Å²) in [4.78, 5) is 29.6. The number of rotatable bonds is 5. The van der Waals surface area contributed by atoms with Gasteiger partial charge in [0.15, 0.2) is 5.16 Å². The van der Waals surface area contributed by atoms with Crippen LogP contribution < -0.4 is 10.9 Å². The maximum atomic E-state index is 13.0. The van der Waals surface area contributed by atoms with Crippen molar-refractivity contribution >= 4 is 45.9 Å². The molecule has 30 heavy (non-hydrogen) atoms. The number of alkyl halides is 3. The average Bonchev–Trinajstić information content (AvgIpc) is 2.66. The zero-order valence-electron chi connectivity index (χ0n) is 16.0. The summed E-state index contributed by atoms with van der Waals surface area (Å²) >= 11 is 6.63. The van der Waals surface area contributed by atoms with Gasteiger partial charge in [-0.05, 0) is 44.2 Å². The molecular formula is C20H17ClF3N3O2S. The van der Waals surface area contributed by atoms with Crippen LogP contribution in [-0.2, 0) is 11.0 Å². The Bertz CT molecular complexity index is 1160. The minimum Gasteiger partial charge on any atom is -0.325 e. The number of benzene rings is 2. The molecule has 0 aliphatic rings. The van der Waals surface area contributed by atoms with Gasteiger partial charge in [-0.1, -0.05) is 35.5 Å². The first-order valence-electron chi connectivity index (χ1n) is 8.88. The third-order valence-electron chi connectivity index (χ3n) is 4.18. The Morgan fingerprint density at radius 2 is 1.93 bits per heavy atom. The van der Waals surface area contributed by atoms with Gasteiger partial charge in [-0.2, -0.15) is 13.2 Å². The first kappa shape index (κ1) is 22.2. The monoisotopic (exact) mass is 455 g/mol. The number of fused-ring (bicyclic) bond motifs is 1. The highest BCUT2D eigenvalue weighted by Gasteiger charge is 2.33. The second-order valence-corrected chi connectivity index (χ2v) is 8.06. The molecule has 2 aromatic carbocycles. The highest BCUT2D eigenvalue weighted by Crippen LogP contribution is 2.36. The van der Waals surface area contributed by atoms with Gasteiger partial charge >= 0.3 is 6.18 Å². The Morgan fingerprint density at radius 3 is 2.60 bits per heavy atom. The summed E-state index contributed by atoms with van der Waals surface area (Å²) in [6.07, 6.45) is -4.63. The Balaban J connectivity index is 1.81. The van der Waals surface area contributed by atoms with Crippen molar-refractivity contribution in [1.29, 1.82) is 0 Å². The van der Waals surface area contributed by atoms with Gasteiger partial charge in [0, 0.05) is 11.7 Å². The molecule has 1 N–H and O–H groups in total. The molecule has 1 heterocycles. The van der Waals surface area contributed by atoms with Gasteiger partial charge in [0.1, 0.15) is 0 Å². The summed E-state index contributed by atoms with van der Waals surface area (Å²) in [5.74, 6) is -0.672. The van der Waals surface area contributed by atoms with Gasteiger partial charge < -0.3 is 5.32 Å². The van der Waals surface area contributed by atoms with Crippen LogP contribution in [-0.4, -0.2) is 21.2 Å². The van der Waals surface area contributed by atoms with Crippen LogP contribution in [0.4, 0.5) is 18.9 Å². The molecule has 1 aromatic heterocycles. The van der Waals surface area contributed by atoms with Crippen LogP contribution >= 0.6 is 23.4 Å². The van der Waals surface area contributed by atoms with E-state index >= 15 is 0 Å². The predicted molar refractivity (Wildman–Crippen MR) is 112 cm³/mol. The molecule has 3 aromatic rings. The maximum absolute atomic E-state index is 13.0. The summed E-state index contributed by atoms with van der Waals surface area (Å²) in [5.41, 5.74) is -0.759. The molecule has 0 aliphatic carbocycles. The number of nitrogens with zero attached hydrogens (tertiary/aromatic N) is 2. The van der Waals surface area contributed by atoms with Gasteiger partial charge in [0.2, 0.25) is 5.91 Å². The number of nitrogens with one attached hydrogen (secondary N) is 1. The summed E-state index contributed by atoms with van der Waals surface area (Å²) in [7, 11) is 0. The SMILES string of the molecule is CC(C)n1c(SCC(=O)Nc2ccc(Cl)c(C(F)(F)F)c2)nc2ccccc2c1=O. The van der Waals surface area contributed by atoms with E-state index in [0.29, 0.717) is 16.1 Å². The van der Waals surface area contributed by atoms with E-state index in [1.165, 1.54) is 10.6 Å². The van der Waals surface area contributed by atoms with Crippen LogP contribution in [0.15, 0.2) is 52.4 Å². The third kappa shape index (κ3) is 4.79. The summed E-state index contributed by atoms with van der Waals surface area (Å²) in [6, 6.07) is 9.86. The molecule has 0 saturated heterocycles. The van der Waals surface area contributed by atoms with Crippen LogP contribution in [0.5, 0.6) is 0 Å². The lowest BCUT2D eigenvalue weighted by atomic mass is 10.2. The van der Waals surface area contributed by atoms with E-state index in [1.54, 1.807) is 24.3 Å². The molecule has 0 fully saturated rings. The van der Waals surface area contributed by atoms with E-state index < -0.39 is 22.7 Å². The topological polar surface area (TPSA) is 64.0 Å². The maximum Gasteiger partial charge on any atom is 0.417 e. The summed E-state index contributed by atoms with van der Waals surface area (Å²) < 4.78 is 40.4. The first-order chi connectivity index (χ1) is 14.1. The van der Waals surface area contributed by atoms with Crippen LogP contribution in [0.3, 0.4) is 0 Å². The van der Waals surface area contributed by atoms with E-state index in [2.05, 4.69) is 10.3 Å². The molecule has 1 amide bonds. The van der Waals surface area contributed by atoms with Crippen LogP contribution in [0.1, 0.15) is 25.5 Å². The normalized spacial score (nSPS) is 11.8. The van der Waals surface area contributed by atoms with Crippen molar-refractivity contribution in [2.75, 3.05) is 11.1 Å². The van der Waals surface area contributed by atoms with Crippen LogP contribution in [0, 0.1) is 0 Å². The molecule has 0 saturated carbocycles. The van der Waals surface area contributed by atoms with Crippen molar-refractivity contribution in [3.8, 4) is 0 Å². The number of carbonyl (C=O) groups is 1. The van der Waals surface area contributed by atoms with Gasteiger partial charge in [-0.3, -0.25) is 14.2 Å². The fraction of sp³-hybridized carbons (Fsp3) is 0.250. The van der Waals surface area contributed by atoms with Gasteiger partial charge in [0.25, 0.3) is 5.56 Å². The van der Waals surface area contributed by atoms with Crippen molar-refractivity contribution in [3.05, 3.63) is 63.4 Å². The Kier molecular flexibility index (Phi) is 6.42. The molecule has 5 nitrogen and oxygen atoms in total. The van der Waals surface area contributed by atoms with E-state index in [-0.39, 0.29) is 23.0 Å². The molecule has 0 bridgehead atoms. The Morgan fingerprint density at radius 1 is 1.23 bits per heavy atom. The molecule has 0 atom stereocenters. The highest BCUT2D eigenvalue weighted by molar-refractivity contribution is 7.99. The lowest BCUT2D eigenvalue weighted by Gasteiger charge is -2.16. The smallest absolute Gasteiger partial charge is 0.325 e. The number of hydrogen-bond acceptors (Lipinski definition) is 4. The molecular weight excluding hydrogens is 439 g/mol. The third-order valence-corrected chi connectivity index (χ3v) is 5.46. The molecule has 3 rings (SSSR count). The highest BCUT2D eigenvalue weighted by atomic mass is 35.5. The number of hydrogen-bond donors (Lipinski definition) is 1. The lowest BCUT2D eigenvalue weighted by Crippen LogP contribution is -2.25. The number of para-hydroxylation sites is 1. The second kappa shape index (κ2) is 8.69. The zero-order chi connectivity index (χ0) is 22.1. The number of halogens is 4. The Labute approximate surface area is 179 Å². The average molecular weight is 456 g/mol. The number of thioether (sulfide) groups is 1. The van der Waals surface area contributed by atoms with Gasteiger partial charge in [-0.15, -0.1) is 0 Å². The molecule has 0 aliphatic heterocycles. The number of carbonyl (C=O) groups excluding carboxylic acids is 1. The van der Waals surface area contributed by atoms with E-state index in [9.17, 15) is 22.8 Å². The molecule has 0 radical (unpaired) electrons. The fourth-order valence-corrected chi connectivity index (χ4v) is 3.98. The largest absolute Gasteiger partial charge is 0.417 e. The standard InChI is InChI=1S/C20H17ClF3N3O2S/c1-11(2)27-18(29)13-5-3-4-6-16(13)26-19(27)30-10-17(28)25-12-7-8-15(21)14(9-12)20(22,23)24/h3-9,11H,10H2,1-2H3,(H,25,28). The Hall–Kier alpha value is -2.52. The molecule has 0 unspecified atom stereocenters. The minimum absolute atomic E-state index is 0.0231. The minimum atomic E-state index is -4.63. The zero-order valence-corrected chi connectivity index (χ0v) is 17.5. The second-order valence-electron chi connectivity index (χ2n) is 6.71. The van der Waals surface area contributed by atoms with Crippen LogP contribution in [0.2, 0.25) is 5.02 Å². The van der Waals surface area contributed by atoms with Crippen molar-refractivity contribution in [1.82, 2.24) is 9.55 Å². The van der Waals surface area contributed by atoms with Crippen molar-refractivity contribution in [3.63, 3.8) is 0 Å². The number of anilines is 1. The van der Waals surface area contributed by atoms with Crippen molar-refractivity contribution in [2.24, 2.45) is 0 Å². The molecule has 158 valence electrons. The number of aromatic nitrogens is 2. The van der Waals surface area contributed by atoms with Crippen LogP contribution in [0.25, 0.3) is 10.9 Å². The predicted octanol–water partition coefficient (Wildman–Crippen LogP) is 5.38. The molecule has 0 spiro atoms.